The summed E-state index contributed by atoms with van der Waals surface area (Å²) in [6.07, 6.45) is 0. The summed E-state index contributed by atoms with van der Waals surface area (Å²) < 4.78 is 24.6. The molecule has 0 aliphatic carbocycles. The molecule has 0 spiro atoms. The van der Waals surface area contributed by atoms with Gasteiger partial charge in [-0.2, -0.15) is 14.8 Å². The van der Waals surface area contributed by atoms with E-state index in [-0.39, 0.29) is 17.3 Å². The summed E-state index contributed by atoms with van der Waals surface area (Å²) in [6.45, 7) is -0.623. The van der Waals surface area contributed by atoms with E-state index in [0.717, 1.165) is 15.6 Å². The molecular weight excluding hydrogens is 234 g/mol. The van der Waals surface area contributed by atoms with Crippen LogP contribution in [0.15, 0.2) is 21.7 Å². The van der Waals surface area contributed by atoms with Crippen LogP contribution in [0.2, 0.25) is 0 Å². The second-order valence-corrected chi connectivity index (χ2v) is 5.63. The monoisotopic (exact) mass is 241 g/mol. The standard InChI is InChI=1S/C8H7N3O2S2/c9-3-5-11(6-4-10)15(12,13)8-2-1-7-14-8/h1-2,7H,5-6H2. The molecular formula is C8H7N3O2S2. The smallest absolute Gasteiger partial charge is 0.206 e. The van der Waals surface area contributed by atoms with Crippen LogP contribution in [0, 0.1) is 22.7 Å². The van der Waals surface area contributed by atoms with Gasteiger partial charge in [-0.15, -0.1) is 11.3 Å². The summed E-state index contributed by atoms with van der Waals surface area (Å²) in [5.74, 6) is 0. The van der Waals surface area contributed by atoms with Gasteiger partial charge in [0.05, 0.1) is 12.1 Å². The molecule has 1 rings (SSSR count). The van der Waals surface area contributed by atoms with E-state index in [2.05, 4.69) is 0 Å². The molecule has 1 heterocycles. The highest BCUT2D eigenvalue weighted by Crippen LogP contribution is 2.20. The van der Waals surface area contributed by atoms with E-state index in [1.807, 2.05) is 0 Å². The summed E-state index contributed by atoms with van der Waals surface area (Å²) in [7, 11) is -3.68. The van der Waals surface area contributed by atoms with Crippen LogP contribution in [-0.4, -0.2) is 25.8 Å². The zero-order valence-electron chi connectivity index (χ0n) is 7.62. The lowest BCUT2D eigenvalue weighted by atomic mass is 10.6. The van der Waals surface area contributed by atoms with Crippen LogP contribution >= 0.6 is 11.3 Å². The van der Waals surface area contributed by atoms with Gasteiger partial charge in [-0.3, -0.25) is 0 Å². The molecule has 0 aliphatic rings. The maximum absolute atomic E-state index is 11.8. The van der Waals surface area contributed by atoms with Gasteiger partial charge in [0.15, 0.2) is 0 Å². The number of rotatable bonds is 4. The Balaban J connectivity index is 3.04. The Morgan fingerprint density at radius 3 is 2.33 bits per heavy atom. The molecule has 0 aliphatic heterocycles. The van der Waals surface area contributed by atoms with Gasteiger partial charge in [0.25, 0.3) is 10.0 Å². The first-order chi connectivity index (χ1) is 7.12. The molecule has 0 N–H and O–H groups in total. The molecule has 0 unspecified atom stereocenters. The van der Waals surface area contributed by atoms with E-state index in [9.17, 15) is 8.42 Å². The zero-order valence-corrected chi connectivity index (χ0v) is 9.25. The third-order valence-electron chi connectivity index (χ3n) is 1.58. The molecule has 0 fully saturated rings. The highest BCUT2D eigenvalue weighted by molar-refractivity contribution is 7.91. The molecule has 7 heteroatoms. The Bertz CT molecular complexity index is 477. The van der Waals surface area contributed by atoms with Crippen molar-refractivity contribution in [3.8, 4) is 12.1 Å². The summed E-state index contributed by atoms with van der Waals surface area (Å²) in [4.78, 5) is 0. The Hall–Kier alpha value is -1.41. The predicted molar refractivity (Wildman–Crippen MR) is 54.3 cm³/mol. The van der Waals surface area contributed by atoms with Crippen LogP contribution in [0.25, 0.3) is 0 Å². The van der Waals surface area contributed by atoms with E-state index in [1.165, 1.54) is 6.07 Å². The van der Waals surface area contributed by atoms with Crippen LogP contribution in [0.1, 0.15) is 0 Å². The van der Waals surface area contributed by atoms with Gasteiger partial charge < -0.3 is 0 Å². The molecule has 5 nitrogen and oxygen atoms in total. The summed E-state index contributed by atoms with van der Waals surface area (Å²) in [5.41, 5.74) is 0. The summed E-state index contributed by atoms with van der Waals surface area (Å²) >= 11 is 1.06. The van der Waals surface area contributed by atoms with Gasteiger partial charge >= 0.3 is 0 Å². The molecule has 15 heavy (non-hydrogen) atoms. The molecule has 78 valence electrons. The second-order valence-electron chi connectivity index (χ2n) is 2.52. The van der Waals surface area contributed by atoms with Gasteiger partial charge in [-0.05, 0) is 11.4 Å². The SMILES string of the molecule is N#CCN(CC#N)S(=O)(=O)c1cccs1. The van der Waals surface area contributed by atoms with Crippen molar-refractivity contribution in [2.45, 2.75) is 4.21 Å². The molecule has 0 amide bonds. The number of hydrogen-bond donors (Lipinski definition) is 0. The maximum Gasteiger partial charge on any atom is 0.254 e. The van der Waals surface area contributed by atoms with E-state index in [4.69, 9.17) is 10.5 Å². The van der Waals surface area contributed by atoms with Crippen molar-refractivity contribution in [1.82, 2.24) is 4.31 Å². The third-order valence-corrected chi connectivity index (χ3v) is 4.75. The lowest BCUT2D eigenvalue weighted by Crippen LogP contribution is -2.31. The zero-order chi connectivity index (χ0) is 11.3. The quantitative estimate of drug-likeness (QED) is 0.729. The van der Waals surface area contributed by atoms with E-state index in [1.54, 1.807) is 23.6 Å². The van der Waals surface area contributed by atoms with Crippen LogP contribution in [0.3, 0.4) is 0 Å². The second kappa shape index (κ2) is 4.89. The van der Waals surface area contributed by atoms with Crippen LogP contribution in [0.4, 0.5) is 0 Å². The van der Waals surface area contributed by atoms with Crippen molar-refractivity contribution in [1.29, 1.82) is 10.5 Å². The number of hydrogen-bond acceptors (Lipinski definition) is 5. The molecule has 1 aromatic rings. The minimum atomic E-state index is -3.68. The fourth-order valence-electron chi connectivity index (χ4n) is 0.921. The summed E-state index contributed by atoms with van der Waals surface area (Å²) in [5, 5.41) is 18.6. The molecule has 0 saturated heterocycles. The van der Waals surface area contributed by atoms with Crippen molar-refractivity contribution < 1.29 is 8.42 Å². The lowest BCUT2D eigenvalue weighted by Gasteiger charge is -2.13. The first kappa shape index (κ1) is 11.7. The van der Waals surface area contributed by atoms with Gasteiger partial charge in [0.2, 0.25) is 0 Å². The predicted octanol–water partition coefficient (Wildman–Crippen LogP) is 0.786. The van der Waals surface area contributed by atoms with Gasteiger partial charge in [0.1, 0.15) is 17.3 Å². The number of sulfonamides is 1. The Morgan fingerprint density at radius 2 is 1.93 bits per heavy atom. The fourth-order valence-corrected chi connectivity index (χ4v) is 3.30. The molecule has 1 aromatic heterocycles. The van der Waals surface area contributed by atoms with Crippen molar-refractivity contribution in [3.05, 3.63) is 17.5 Å². The Morgan fingerprint density at radius 1 is 1.33 bits per heavy atom. The lowest BCUT2D eigenvalue weighted by molar-refractivity contribution is 0.481. The Labute approximate surface area is 91.8 Å². The fraction of sp³-hybridized carbons (Fsp3) is 0.250. The Kier molecular flexibility index (Phi) is 3.81. The van der Waals surface area contributed by atoms with Gasteiger partial charge in [-0.25, -0.2) is 8.42 Å². The van der Waals surface area contributed by atoms with E-state index >= 15 is 0 Å². The van der Waals surface area contributed by atoms with Crippen LogP contribution in [-0.2, 0) is 10.0 Å². The van der Waals surface area contributed by atoms with Crippen molar-refractivity contribution in [2.75, 3.05) is 13.1 Å². The van der Waals surface area contributed by atoms with E-state index in [0.29, 0.717) is 0 Å². The first-order valence-electron chi connectivity index (χ1n) is 3.90. The third kappa shape index (κ3) is 2.54. The molecule has 0 saturated carbocycles. The van der Waals surface area contributed by atoms with Gasteiger partial charge in [0, 0.05) is 0 Å². The van der Waals surface area contributed by atoms with E-state index < -0.39 is 10.0 Å². The van der Waals surface area contributed by atoms with Crippen LogP contribution < -0.4 is 0 Å². The molecule has 0 aromatic carbocycles. The number of nitriles is 2. The van der Waals surface area contributed by atoms with Crippen LogP contribution in [0.5, 0.6) is 0 Å². The highest BCUT2D eigenvalue weighted by atomic mass is 32.2. The van der Waals surface area contributed by atoms with Crippen molar-refractivity contribution >= 4 is 21.4 Å². The molecule has 0 bridgehead atoms. The number of thiophene rings is 1. The average Bonchev–Trinajstić information content (AvgIpc) is 2.70. The van der Waals surface area contributed by atoms with Gasteiger partial charge in [-0.1, -0.05) is 6.07 Å². The minimum Gasteiger partial charge on any atom is -0.206 e. The molecule has 0 radical (unpaired) electrons. The van der Waals surface area contributed by atoms with Crippen molar-refractivity contribution in [2.24, 2.45) is 0 Å². The first-order valence-corrected chi connectivity index (χ1v) is 6.22. The highest BCUT2D eigenvalue weighted by Gasteiger charge is 2.24. The topological polar surface area (TPSA) is 85.0 Å². The minimum absolute atomic E-state index is 0.146. The largest absolute Gasteiger partial charge is 0.254 e. The number of nitrogens with zero attached hydrogens (tertiary/aromatic N) is 3. The maximum atomic E-state index is 11.8. The van der Waals surface area contributed by atoms with Crippen molar-refractivity contribution in [3.63, 3.8) is 0 Å². The average molecular weight is 241 g/mol. The summed E-state index contributed by atoms with van der Waals surface area (Å²) in [6, 6.07) is 6.49. The normalized spacial score (nSPS) is 10.9. The molecule has 0 atom stereocenters.